The molecule has 262 valence electrons. The normalized spacial score (nSPS) is 16.1. The molecule has 3 aromatic rings. The molecule has 5 atom stereocenters. The second kappa shape index (κ2) is 18.7. The van der Waals surface area contributed by atoms with Gasteiger partial charge >= 0.3 is 6.09 Å². The summed E-state index contributed by atoms with van der Waals surface area (Å²) in [5.74, 6) is -2.28. The molecular formula is C38H48N4O7. The molecule has 1 heterocycles. The van der Waals surface area contributed by atoms with E-state index in [1.807, 2.05) is 105 Å². The number of carbonyl (C=O) groups is 4. The van der Waals surface area contributed by atoms with Crippen LogP contribution in [0, 0.1) is 11.8 Å². The number of morpholine rings is 1. The van der Waals surface area contributed by atoms with Crippen LogP contribution in [0.2, 0.25) is 0 Å². The summed E-state index contributed by atoms with van der Waals surface area (Å²) in [5, 5.41) is 29.2. The smallest absolute Gasteiger partial charge is 0.404 e. The van der Waals surface area contributed by atoms with Gasteiger partial charge in [-0.15, -0.1) is 0 Å². The molecule has 1 aliphatic rings. The highest BCUT2D eigenvalue weighted by molar-refractivity contribution is 5.93. The summed E-state index contributed by atoms with van der Waals surface area (Å²) >= 11 is 0. The van der Waals surface area contributed by atoms with Gasteiger partial charge in [0.1, 0.15) is 12.1 Å². The lowest BCUT2D eigenvalue weighted by Gasteiger charge is -2.32. The van der Waals surface area contributed by atoms with Crippen molar-refractivity contribution in [2.24, 2.45) is 11.8 Å². The summed E-state index contributed by atoms with van der Waals surface area (Å²) in [6.07, 6.45) is -1.78. The molecule has 11 nitrogen and oxygen atoms in total. The Labute approximate surface area is 288 Å². The van der Waals surface area contributed by atoms with Crippen molar-refractivity contribution in [2.45, 2.75) is 63.8 Å². The number of amides is 4. The molecular weight excluding hydrogens is 624 g/mol. The highest BCUT2D eigenvalue weighted by Crippen LogP contribution is 2.20. The monoisotopic (exact) mass is 672 g/mol. The first-order valence-corrected chi connectivity index (χ1v) is 16.9. The van der Waals surface area contributed by atoms with Gasteiger partial charge < -0.3 is 35.8 Å². The van der Waals surface area contributed by atoms with Gasteiger partial charge in [-0.1, -0.05) is 105 Å². The van der Waals surface area contributed by atoms with Gasteiger partial charge in [-0.25, -0.2) is 4.79 Å². The molecule has 1 fully saturated rings. The van der Waals surface area contributed by atoms with Crippen LogP contribution in [0.1, 0.15) is 37.0 Å². The van der Waals surface area contributed by atoms with Crippen LogP contribution in [-0.2, 0) is 38.4 Å². The number of carbonyl (C=O) groups excluding carboxylic acids is 3. The van der Waals surface area contributed by atoms with E-state index in [9.17, 15) is 29.4 Å². The standard InChI is InChI=1S/C38H48N4O7/c1-26(2)34(36(45)39-32(24-29-16-10-5-11-17-29)37(46)42-18-20-49-21-19-42)41-35(44)30(22-27-12-6-3-7-13-27)25-33(43)31(40-38(47)48)23-28-14-8-4-9-15-28/h3-17,26,30-34,40,43H,18-25H2,1-2H3,(H,39,45)(H,41,44)(H,47,48)/t30-,31+,32+,33+,34+/m1/s1. The minimum atomic E-state index is -1.28. The molecule has 0 bridgehead atoms. The highest BCUT2D eigenvalue weighted by Gasteiger charge is 2.34. The van der Waals surface area contributed by atoms with Crippen LogP contribution < -0.4 is 16.0 Å². The molecule has 3 aromatic carbocycles. The van der Waals surface area contributed by atoms with E-state index in [0.717, 1.165) is 16.7 Å². The number of hydrogen-bond acceptors (Lipinski definition) is 6. The summed E-state index contributed by atoms with van der Waals surface area (Å²) in [5.41, 5.74) is 2.57. The Balaban J connectivity index is 1.53. The van der Waals surface area contributed by atoms with Crippen molar-refractivity contribution >= 4 is 23.8 Å². The van der Waals surface area contributed by atoms with E-state index in [1.165, 1.54) is 0 Å². The fourth-order valence-electron chi connectivity index (χ4n) is 6.07. The lowest BCUT2D eigenvalue weighted by Crippen LogP contribution is -2.58. The number of carboxylic acid groups (broad SMARTS) is 1. The van der Waals surface area contributed by atoms with Crippen molar-refractivity contribution in [2.75, 3.05) is 26.3 Å². The highest BCUT2D eigenvalue weighted by atomic mass is 16.5. The maximum atomic E-state index is 14.0. The number of ether oxygens (including phenoxy) is 1. The average molecular weight is 673 g/mol. The first-order valence-electron chi connectivity index (χ1n) is 16.9. The van der Waals surface area contributed by atoms with Crippen molar-refractivity contribution in [1.29, 1.82) is 0 Å². The summed E-state index contributed by atoms with van der Waals surface area (Å²) in [7, 11) is 0. The number of rotatable bonds is 16. The lowest BCUT2D eigenvalue weighted by atomic mass is 9.88. The van der Waals surface area contributed by atoms with Crippen LogP contribution >= 0.6 is 0 Å². The minimum absolute atomic E-state index is 0.0584. The zero-order valence-electron chi connectivity index (χ0n) is 28.2. The van der Waals surface area contributed by atoms with Gasteiger partial charge in [-0.3, -0.25) is 14.4 Å². The van der Waals surface area contributed by atoms with E-state index in [-0.39, 0.29) is 37.5 Å². The Morgan fingerprint density at radius 1 is 0.714 bits per heavy atom. The van der Waals surface area contributed by atoms with Gasteiger partial charge in [0, 0.05) is 25.4 Å². The molecule has 0 saturated carbocycles. The molecule has 4 amide bonds. The topological polar surface area (TPSA) is 157 Å². The lowest BCUT2D eigenvalue weighted by molar-refractivity contribution is -0.141. The van der Waals surface area contributed by atoms with Crippen molar-refractivity contribution in [3.63, 3.8) is 0 Å². The molecule has 11 heteroatoms. The van der Waals surface area contributed by atoms with Gasteiger partial charge in [-0.2, -0.15) is 0 Å². The predicted molar refractivity (Wildman–Crippen MR) is 186 cm³/mol. The van der Waals surface area contributed by atoms with Crippen molar-refractivity contribution < 1.29 is 34.1 Å². The largest absolute Gasteiger partial charge is 0.465 e. The third-order valence-electron chi connectivity index (χ3n) is 8.76. The Bertz CT molecular complexity index is 1480. The summed E-state index contributed by atoms with van der Waals surface area (Å²) in [4.78, 5) is 55.0. The van der Waals surface area contributed by atoms with Crippen LogP contribution in [0.15, 0.2) is 91.0 Å². The van der Waals surface area contributed by atoms with Crippen LogP contribution in [0.5, 0.6) is 0 Å². The van der Waals surface area contributed by atoms with Crippen LogP contribution in [0.4, 0.5) is 4.79 Å². The molecule has 1 saturated heterocycles. The van der Waals surface area contributed by atoms with E-state index in [4.69, 9.17) is 4.74 Å². The maximum absolute atomic E-state index is 14.0. The summed E-state index contributed by atoms with van der Waals surface area (Å²) < 4.78 is 5.42. The van der Waals surface area contributed by atoms with Gasteiger partial charge in [0.2, 0.25) is 17.7 Å². The fourth-order valence-corrected chi connectivity index (χ4v) is 6.07. The second-order valence-corrected chi connectivity index (χ2v) is 12.9. The van der Waals surface area contributed by atoms with E-state index >= 15 is 0 Å². The Morgan fingerprint density at radius 3 is 1.73 bits per heavy atom. The third kappa shape index (κ3) is 11.7. The van der Waals surface area contributed by atoms with E-state index in [1.54, 1.807) is 4.90 Å². The average Bonchev–Trinajstić information content (AvgIpc) is 3.10. The van der Waals surface area contributed by atoms with Crippen LogP contribution in [0.25, 0.3) is 0 Å². The molecule has 0 radical (unpaired) electrons. The fraction of sp³-hybridized carbons (Fsp3) is 0.421. The van der Waals surface area contributed by atoms with Crippen LogP contribution in [-0.4, -0.2) is 89.5 Å². The second-order valence-electron chi connectivity index (χ2n) is 12.9. The third-order valence-corrected chi connectivity index (χ3v) is 8.76. The minimum Gasteiger partial charge on any atom is -0.465 e. The molecule has 49 heavy (non-hydrogen) atoms. The number of nitrogens with one attached hydrogen (secondary N) is 3. The predicted octanol–water partition coefficient (Wildman–Crippen LogP) is 3.20. The Hall–Kier alpha value is -4.74. The first kappa shape index (κ1) is 37.1. The molecule has 0 aromatic heterocycles. The SMILES string of the molecule is CC(C)[C@H](NC(=O)[C@H](Cc1ccccc1)C[C@H](O)[C@H](Cc1ccccc1)NC(=O)O)C(=O)N[C@@H](Cc1ccccc1)C(=O)N1CCOCC1. The molecule has 1 aliphatic heterocycles. The van der Waals surface area contributed by atoms with Gasteiger partial charge in [0.15, 0.2) is 0 Å². The van der Waals surface area contributed by atoms with Gasteiger partial charge in [-0.05, 0) is 41.9 Å². The molecule has 0 unspecified atom stereocenters. The number of nitrogens with zero attached hydrogens (tertiary/aromatic N) is 1. The zero-order chi connectivity index (χ0) is 35.2. The summed E-state index contributed by atoms with van der Waals surface area (Å²) in [6.45, 7) is 5.32. The molecule has 0 spiro atoms. The van der Waals surface area contributed by atoms with E-state index < -0.39 is 48.1 Å². The zero-order valence-corrected chi connectivity index (χ0v) is 28.2. The van der Waals surface area contributed by atoms with Gasteiger partial charge in [0.25, 0.3) is 0 Å². The maximum Gasteiger partial charge on any atom is 0.404 e. The van der Waals surface area contributed by atoms with E-state index in [2.05, 4.69) is 16.0 Å². The molecule has 0 aliphatic carbocycles. The number of hydrogen-bond donors (Lipinski definition) is 5. The molecule has 5 N–H and O–H groups in total. The quantitative estimate of drug-likeness (QED) is 0.156. The van der Waals surface area contributed by atoms with E-state index in [0.29, 0.717) is 26.3 Å². The number of aliphatic hydroxyl groups is 1. The van der Waals surface area contributed by atoms with Crippen LogP contribution in [0.3, 0.4) is 0 Å². The Morgan fingerprint density at radius 2 is 1.22 bits per heavy atom. The number of benzene rings is 3. The Kier molecular flexibility index (Phi) is 14.2. The van der Waals surface area contributed by atoms with Crippen molar-refractivity contribution in [3.8, 4) is 0 Å². The van der Waals surface area contributed by atoms with Crippen molar-refractivity contribution in [1.82, 2.24) is 20.9 Å². The molecule has 4 rings (SSSR count). The number of aliphatic hydroxyl groups excluding tert-OH is 1. The van der Waals surface area contributed by atoms with Crippen molar-refractivity contribution in [3.05, 3.63) is 108 Å². The van der Waals surface area contributed by atoms with Gasteiger partial charge in [0.05, 0.1) is 25.4 Å². The summed E-state index contributed by atoms with van der Waals surface area (Å²) in [6, 6.07) is 25.3. The first-order chi connectivity index (χ1) is 23.6.